The molecule has 20 heavy (non-hydrogen) atoms. The van der Waals surface area contributed by atoms with E-state index in [1.807, 2.05) is 6.92 Å². The molecule has 0 unspecified atom stereocenters. The number of aromatic nitrogens is 2. The third kappa shape index (κ3) is 3.30. The first-order valence-electron chi connectivity index (χ1n) is 6.09. The predicted molar refractivity (Wildman–Crippen MR) is 75.1 cm³/mol. The summed E-state index contributed by atoms with van der Waals surface area (Å²) in [7, 11) is 1.77. The lowest BCUT2D eigenvalue weighted by Gasteiger charge is -2.07. The van der Waals surface area contributed by atoms with Crippen LogP contribution in [0.4, 0.5) is 0 Å². The predicted octanol–water partition coefficient (Wildman–Crippen LogP) is 2.59. The van der Waals surface area contributed by atoms with Gasteiger partial charge in [0.1, 0.15) is 17.5 Å². The summed E-state index contributed by atoms with van der Waals surface area (Å²) in [5.41, 5.74) is 2.35. The number of benzene rings is 1. The summed E-state index contributed by atoms with van der Waals surface area (Å²) in [6, 6.07) is 7.02. The first-order valence-corrected chi connectivity index (χ1v) is 6.46. The second-order valence-corrected chi connectivity index (χ2v) is 4.84. The van der Waals surface area contributed by atoms with Crippen molar-refractivity contribution in [1.82, 2.24) is 9.78 Å². The average Bonchev–Trinajstić information content (AvgIpc) is 2.61. The minimum Gasteiger partial charge on any atom is -0.489 e. The molecule has 2 rings (SSSR count). The molecular formula is C14H15ClN2O3. The Morgan fingerprint density at radius 3 is 2.85 bits per heavy atom. The number of rotatable bonds is 5. The molecule has 2 aromatic rings. The summed E-state index contributed by atoms with van der Waals surface area (Å²) in [5.74, 6) is -0.253. The number of carboxylic acids is 1. The Morgan fingerprint density at radius 2 is 2.25 bits per heavy atom. The Morgan fingerprint density at radius 1 is 1.50 bits per heavy atom. The van der Waals surface area contributed by atoms with Crippen LogP contribution in [0.5, 0.6) is 5.75 Å². The highest BCUT2D eigenvalue weighted by atomic mass is 35.5. The zero-order valence-electron chi connectivity index (χ0n) is 11.3. The van der Waals surface area contributed by atoms with Gasteiger partial charge in [-0.1, -0.05) is 23.7 Å². The lowest BCUT2D eigenvalue weighted by Crippen LogP contribution is -2.01. The topological polar surface area (TPSA) is 64.4 Å². The van der Waals surface area contributed by atoms with Gasteiger partial charge in [0.25, 0.3) is 0 Å². The molecule has 0 fully saturated rings. The normalized spacial score (nSPS) is 10.6. The van der Waals surface area contributed by atoms with E-state index >= 15 is 0 Å². The van der Waals surface area contributed by atoms with Gasteiger partial charge in [-0.25, -0.2) is 0 Å². The summed E-state index contributed by atoms with van der Waals surface area (Å²) in [6.07, 6.45) is -0.0239. The van der Waals surface area contributed by atoms with Crippen LogP contribution in [-0.4, -0.2) is 20.9 Å². The van der Waals surface area contributed by atoms with Gasteiger partial charge in [0.15, 0.2) is 0 Å². The van der Waals surface area contributed by atoms with Crippen LogP contribution < -0.4 is 4.74 Å². The molecule has 1 aromatic carbocycles. The number of halogens is 1. The van der Waals surface area contributed by atoms with Crippen molar-refractivity contribution in [3.05, 3.63) is 46.2 Å². The maximum atomic E-state index is 10.7. The van der Waals surface area contributed by atoms with Gasteiger partial charge in [0.05, 0.1) is 12.1 Å². The second kappa shape index (κ2) is 5.96. The van der Waals surface area contributed by atoms with E-state index in [9.17, 15) is 4.79 Å². The van der Waals surface area contributed by atoms with Crippen molar-refractivity contribution < 1.29 is 14.6 Å². The number of hydrogen-bond donors (Lipinski definition) is 1. The first kappa shape index (κ1) is 14.4. The first-order chi connectivity index (χ1) is 9.47. The van der Waals surface area contributed by atoms with Crippen molar-refractivity contribution in [3.8, 4) is 5.75 Å². The molecule has 0 aliphatic heterocycles. The standard InChI is InChI=1S/C14H15ClN2O3/c1-9-12(14(15)17(2)16-9)8-20-11-5-3-4-10(6-11)7-13(18)19/h3-6H,7-8H2,1-2H3,(H,18,19). The molecule has 0 aliphatic carbocycles. The van der Waals surface area contributed by atoms with Crippen LogP contribution in [0.15, 0.2) is 24.3 Å². The van der Waals surface area contributed by atoms with Crippen LogP contribution in [-0.2, 0) is 24.9 Å². The minimum atomic E-state index is -0.867. The molecule has 0 amide bonds. The van der Waals surface area contributed by atoms with E-state index in [4.69, 9.17) is 21.4 Å². The van der Waals surface area contributed by atoms with E-state index in [0.29, 0.717) is 23.1 Å². The van der Waals surface area contributed by atoms with Gasteiger partial charge in [-0.2, -0.15) is 5.10 Å². The number of aryl methyl sites for hydroxylation is 2. The molecule has 6 heteroatoms. The highest BCUT2D eigenvalue weighted by molar-refractivity contribution is 6.30. The zero-order valence-corrected chi connectivity index (χ0v) is 12.0. The van der Waals surface area contributed by atoms with E-state index in [1.54, 1.807) is 36.0 Å². The van der Waals surface area contributed by atoms with Gasteiger partial charge in [0, 0.05) is 12.6 Å². The summed E-state index contributed by atoms with van der Waals surface area (Å²) in [5, 5.41) is 13.5. The molecule has 0 bridgehead atoms. The average molecular weight is 295 g/mol. The van der Waals surface area contributed by atoms with Crippen LogP contribution in [0, 0.1) is 6.92 Å². The number of hydrogen-bond acceptors (Lipinski definition) is 3. The molecule has 106 valence electrons. The van der Waals surface area contributed by atoms with E-state index < -0.39 is 5.97 Å². The summed E-state index contributed by atoms with van der Waals surface area (Å²) >= 11 is 6.12. The molecule has 1 heterocycles. The number of carbonyl (C=O) groups is 1. The number of nitrogens with zero attached hydrogens (tertiary/aromatic N) is 2. The lowest BCUT2D eigenvalue weighted by atomic mass is 10.1. The molecule has 0 spiro atoms. The van der Waals surface area contributed by atoms with Gasteiger partial charge >= 0.3 is 5.97 Å². The summed E-state index contributed by atoms with van der Waals surface area (Å²) in [4.78, 5) is 10.7. The van der Waals surface area contributed by atoms with Gasteiger partial charge in [-0.15, -0.1) is 0 Å². The van der Waals surface area contributed by atoms with Gasteiger partial charge in [-0.05, 0) is 24.6 Å². The Kier molecular flexibility index (Phi) is 4.29. The molecule has 1 aromatic heterocycles. The molecular weight excluding hydrogens is 280 g/mol. The van der Waals surface area contributed by atoms with Crippen molar-refractivity contribution in [2.75, 3.05) is 0 Å². The Hall–Kier alpha value is -2.01. The molecule has 1 N–H and O–H groups in total. The quantitative estimate of drug-likeness (QED) is 0.920. The Labute approximate surface area is 121 Å². The SMILES string of the molecule is Cc1nn(C)c(Cl)c1COc1cccc(CC(=O)O)c1. The summed E-state index contributed by atoms with van der Waals surface area (Å²) < 4.78 is 7.25. The van der Waals surface area contributed by atoms with Crippen molar-refractivity contribution in [2.45, 2.75) is 20.0 Å². The number of carboxylic acid groups (broad SMARTS) is 1. The molecule has 0 atom stereocenters. The van der Waals surface area contributed by atoms with Crippen LogP contribution in [0.1, 0.15) is 16.8 Å². The van der Waals surface area contributed by atoms with Crippen LogP contribution in [0.2, 0.25) is 5.15 Å². The molecule has 5 nitrogen and oxygen atoms in total. The maximum absolute atomic E-state index is 10.7. The monoisotopic (exact) mass is 294 g/mol. The minimum absolute atomic E-state index is 0.0239. The van der Waals surface area contributed by atoms with Gasteiger partial charge < -0.3 is 9.84 Å². The lowest BCUT2D eigenvalue weighted by molar-refractivity contribution is -0.136. The van der Waals surface area contributed by atoms with Crippen molar-refractivity contribution in [3.63, 3.8) is 0 Å². The van der Waals surface area contributed by atoms with Crippen LogP contribution in [0.25, 0.3) is 0 Å². The summed E-state index contributed by atoms with van der Waals surface area (Å²) in [6.45, 7) is 2.17. The van der Waals surface area contributed by atoms with Crippen molar-refractivity contribution in [1.29, 1.82) is 0 Å². The molecule has 0 aliphatic rings. The third-order valence-corrected chi connectivity index (χ3v) is 3.38. The number of ether oxygens (including phenoxy) is 1. The van der Waals surface area contributed by atoms with Crippen molar-refractivity contribution >= 4 is 17.6 Å². The Balaban J connectivity index is 2.09. The van der Waals surface area contributed by atoms with Gasteiger partial charge in [-0.3, -0.25) is 9.48 Å². The van der Waals surface area contributed by atoms with E-state index in [1.165, 1.54) is 0 Å². The van der Waals surface area contributed by atoms with Crippen molar-refractivity contribution in [2.24, 2.45) is 7.05 Å². The van der Waals surface area contributed by atoms with Crippen LogP contribution >= 0.6 is 11.6 Å². The van der Waals surface area contributed by atoms with E-state index in [0.717, 1.165) is 11.3 Å². The van der Waals surface area contributed by atoms with E-state index in [-0.39, 0.29) is 6.42 Å². The Bertz CT molecular complexity index is 637. The highest BCUT2D eigenvalue weighted by Gasteiger charge is 2.12. The fourth-order valence-electron chi connectivity index (χ4n) is 1.91. The highest BCUT2D eigenvalue weighted by Crippen LogP contribution is 2.21. The fraction of sp³-hybridized carbons (Fsp3) is 0.286. The maximum Gasteiger partial charge on any atom is 0.307 e. The molecule has 0 radical (unpaired) electrons. The zero-order chi connectivity index (χ0) is 14.7. The fourth-order valence-corrected chi connectivity index (χ4v) is 2.14. The van der Waals surface area contributed by atoms with E-state index in [2.05, 4.69) is 5.10 Å². The third-order valence-electron chi connectivity index (χ3n) is 2.91. The largest absolute Gasteiger partial charge is 0.489 e. The molecule has 0 saturated heterocycles. The smallest absolute Gasteiger partial charge is 0.307 e. The molecule has 0 saturated carbocycles. The van der Waals surface area contributed by atoms with Crippen LogP contribution in [0.3, 0.4) is 0 Å². The van der Waals surface area contributed by atoms with Gasteiger partial charge in [0.2, 0.25) is 0 Å². The number of aliphatic carboxylic acids is 1. The second-order valence-electron chi connectivity index (χ2n) is 4.48.